The molecule has 1 heterocycles. The first-order valence-electron chi connectivity index (χ1n) is 5.66. The van der Waals surface area contributed by atoms with Crippen LogP contribution in [0.2, 0.25) is 0 Å². The summed E-state index contributed by atoms with van der Waals surface area (Å²) in [4.78, 5) is 35.2. The lowest BCUT2D eigenvalue weighted by Crippen LogP contribution is -2.45. The molecular formula is C12H16N2O5. The minimum atomic E-state index is -0.807. The third-order valence-electron chi connectivity index (χ3n) is 2.12. The van der Waals surface area contributed by atoms with Gasteiger partial charge in [-0.3, -0.25) is 4.79 Å². The van der Waals surface area contributed by atoms with Crippen LogP contribution in [0.15, 0.2) is 0 Å². The lowest BCUT2D eigenvalue weighted by molar-refractivity contribution is -0.127. The molecule has 1 aliphatic heterocycles. The normalized spacial score (nSPS) is 18.5. The molecule has 1 fully saturated rings. The number of hydrogen-bond donors (Lipinski definition) is 1. The molecule has 7 heteroatoms. The number of ether oxygens (including phenoxy) is 2. The van der Waals surface area contributed by atoms with Gasteiger partial charge in [0, 0.05) is 0 Å². The van der Waals surface area contributed by atoms with E-state index >= 15 is 0 Å². The van der Waals surface area contributed by atoms with Gasteiger partial charge >= 0.3 is 12.2 Å². The molecule has 0 aromatic rings. The van der Waals surface area contributed by atoms with Crippen molar-refractivity contribution in [2.75, 3.05) is 13.2 Å². The fourth-order valence-corrected chi connectivity index (χ4v) is 1.37. The maximum Gasteiger partial charge on any atom is 0.417 e. The van der Waals surface area contributed by atoms with Crippen LogP contribution in [0.4, 0.5) is 9.59 Å². The first-order valence-corrected chi connectivity index (χ1v) is 5.66. The molecule has 1 N–H and O–H groups in total. The molecule has 3 amide bonds. The molecule has 0 bridgehead atoms. The van der Waals surface area contributed by atoms with Gasteiger partial charge in [0.15, 0.2) is 0 Å². The van der Waals surface area contributed by atoms with Gasteiger partial charge in [0.25, 0.3) is 5.91 Å². The predicted octanol–water partition coefficient (Wildman–Crippen LogP) is 0.492. The summed E-state index contributed by atoms with van der Waals surface area (Å²) in [5.41, 5.74) is -0.666. The molecule has 1 rings (SSSR count). The van der Waals surface area contributed by atoms with Crippen LogP contribution in [0, 0.1) is 12.3 Å². The molecule has 7 nitrogen and oxygen atoms in total. The van der Waals surface area contributed by atoms with Crippen molar-refractivity contribution in [1.82, 2.24) is 10.2 Å². The maximum absolute atomic E-state index is 11.8. The molecule has 0 aliphatic carbocycles. The average Bonchev–Trinajstić information content (AvgIpc) is 2.65. The van der Waals surface area contributed by atoms with Crippen molar-refractivity contribution >= 4 is 18.1 Å². The predicted molar refractivity (Wildman–Crippen MR) is 65.1 cm³/mol. The molecule has 19 heavy (non-hydrogen) atoms. The van der Waals surface area contributed by atoms with Crippen LogP contribution in [0.5, 0.6) is 0 Å². The van der Waals surface area contributed by atoms with Crippen LogP contribution in [-0.2, 0) is 14.3 Å². The summed E-state index contributed by atoms with van der Waals surface area (Å²) < 4.78 is 9.61. The van der Waals surface area contributed by atoms with Crippen LogP contribution in [0.3, 0.4) is 0 Å². The van der Waals surface area contributed by atoms with Gasteiger partial charge in [-0.15, -0.1) is 6.42 Å². The van der Waals surface area contributed by atoms with E-state index in [0.29, 0.717) is 0 Å². The molecule has 1 saturated heterocycles. The van der Waals surface area contributed by atoms with Crippen LogP contribution in [0.1, 0.15) is 20.8 Å². The standard InChI is InChI=1S/C12H16N2O5/c1-5-8-7-18-11(17)14(8)9(15)6-13-10(16)19-12(2,3)4/h1,8H,6-7H2,2-4H3,(H,13,16). The largest absolute Gasteiger partial charge is 0.446 e. The lowest BCUT2D eigenvalue weighted by atomic mass is 10.2. The zero-order valence-corrected chi connectivity index (χ0v) is 11.1. The minimum absolute atomic E-state index is 0.0342. The molecule has 0 saturated carbocycles. The van der Waals surface area contributed by atoms with Crippen molar-refractivity contribution in [1.29, 1.82) is 0 Å². The van der Waals surface area contributed by atoms with Crippen LogP contribution in [0.25, 0.3) is 0 Å². The van der Waals surface area contributed by atoms with E-state index in [0.717, 1.165) is 4.90 Å². The van der Waals surface area contributed by atoms with Crippen molar-refractivity contribution in [3.63, 3.8) is 0 Å². The number of imide groups is 1. The highest BCUT2D eigenvalue weighted by Crippen LogP contribution is 2.11. The van der Waals surface area contributed by atoms with Crippen LogP contribution in [-0.4, -0.2) is 47.8 Å². The van der Waals surface area contributed by atoms with E-state index in [-0.39, 0.29) is 13.2 Å². The average molecular weight is 268 g/mol. The second-order valence-electron chi connectivity index (χ2n) is 4.88. The monoisotopic (exact) mass is 268 g/mol. The number of cyclic esters (lactones) is 1. The SMILES string of the molecule is C#CC1COC(=O)N1C(=O)CNC(=O)OC(C)(C)C. The van der Waals surface area contributed by atoms with Gasteiger partial charge in [0.1, 0.15) is 24.8 Å². The Morgan fingerprint density at radius 2 is 2.21 bits per heavy atom. The van der Waals surface area contributed by atoms with E-state index < -0.39 is 29.7 Å². The number of hydrogen-bond acceptors (Lipinski definition) is 5. The van der Waals surface area contributed by atoms with Gasteiger partial charge in [-0.2, -0.15) is 0 Å². The number of amides is 3. The van der Waals surface area contributed by atoms with E-state index in [4.69, 9.17) is 11.2 Å². The Morgan fingerprint density at radius 3 is 2.74 bits per heavy atom. The zero-order valence-electron chi connectivity index (χ0n) is 11.1. The third-order valence-corrected chi connectivity index (χ3v) is 2.12. The van der Waals surface area contributed by atoms with E-state index in [9.17, 15) is 14.4 Å². The van der Waals surface area contributed by atoms with Crippen LogP contribution >= 0.6 is 0 Å². The van der Waals surface area contributed by atoms with E-state index in [2.05, 4.69) is 16.0 Å². The van der Waals surface area contributed by atoms with Crippen molar-refractivity contribution in [2.24, 2.45) is 0 Å². The van der Waals surface area contributed by atoms with E-state index in [1.807, 2.05) is 0 Å². The Hall–Kier alpha value is -2.23. The van der Waals surface area contributed by atoms with Gasteiger partial charge in [0.2, 0.25) is 0 Å². The van der Waals surface area contributed by atoms with Crippen molar-refractivity contribution < 1.29 is 23.9 Å². The summed E-state index contributed by atoms with van der Waals surface area (Å²) in [6.07, 6.45) is 3.62. The number of nitrogens with zero attached hydrogens (tertiary/aromatic N) is 1. The summed E-state index contributed by atoms with van der Waals surface area (Å²) in [6.45, 7) is 4.66. The van der Waals surface area contributed by atoms with Gasteiger partial charge in [-0.25, -0.2) is 14.5 Å². The summed E-state index contributed by atoms with van der Waals surface area (Å²) in [7, 11) is 0. The molecule has 0 aromatic carbocycles. The second-order valence-corrected chi connectivity index (χ2v) is 4.88. The highest BCUT2D eigenvalue weighted by Gasteiger charge is 2.36. The number of rotatable bonds is 2. The fourth-order valence-electron chi connectivity index (χ4n) is 1.37. The zero-order chi connectivity index (χ0) is 14.6. The number of terminal acetylenes is 1. The molecular weight excluding hydrogens is 252 g/mol. The number of carbonyl (C=O) groups excluding carboxylic acids is 3. The molecule has 0 spiro atoms. The molecule has 0 radical (unpaired) electrons. The Kier molecular flexibility index (Phi) is 4.38. The van der Waals surface area contributed by atoms with Crippen molar-refractivity contribution in [3.8, 4) is 12.3 Å². The maximum atomic E-state index is 11.8. The lowest BCUT2D eigenvalue weighted by Gasteiger charge is -2.20. The molecule has 1 atom stereocenters. The van der Waals surface area contributed by atoms with Gasteiger partial charge in [0.05, 0.1) is 0 Å². The van der Waals surface area contributed by atoms with Crippen molar-refractivity contribution in [3.05, 3.63) is 0 Å². The first-order chi connectivity index (χ1) is 8.74. The molecule has 1 aliphatic rings. The molecule has 0 aromatic heterocycles. The number of nitrogens with one attached hydrogen (secondary N) is 1. The van der Waals surface area contributed by atoms with E-state index in [1.54, 1.807) is 20.8 Å². The topological polar surface area (TPSA) is 84.9 Å². The highest BCUT2D eigenvalue weighted by atomic mass is 16.6. The second kappa shape index (κ2) is 5.61. The molecule has 104 valence electrons. The first kappa shape index (κ1) is 14.8. The Balaban J connectivity index is 2.50. The van der Waals surface area contributed by atoms with Crippen molar-refractivity contribution in [2.45, 2.75) is 32.4 Å². The Bertz CT molecular complexity index is 432. The number of alkyl carbamates (subject to hydrolysis) is 1. The summed E-state index contributed by atoms with van der Waals surface area (Å²) in [6, 6.07) is -0.736. The molecule has 1 unspecified atom stereocenters. The summed E-state index contributed by atoms with van der Waals surface area (Å²) in [5, 5.41) is 2.25. The highest BCUT2D eigenvalue weighted by molar-refractivity contribution is 5.96. The number of carbonyl (C=O) groups is 3. The minimum Gasteiger partial charge on any atom is -0.446 e. The Labute approximate surface area is 111 Å². The van der Waals surface area contributed by atoms with Gasteiger partial charge in [-0.05, 0) is 20.8 Å². The van der Waals surface area contributed by atoms with Gasteiger partial charge < -0.3 is 14.8 Å². The quantitative estimate of drug-likeness (QED) is 0.737. The van der Waals surface area contributed by atoms with E-state index in [1.165, 1.54) is 0 Å². The Morgan fingerprint density at radius 1 is 1.58 bits per heavy atom. The summed E-state index contributed by atoms with van der Waals surface area (Å²) >= 11 is 0. The third kappa shape index (κ3) is 4.17. The fraction of sp³-hybridized carbons (Fsp3) is 0.583. The smallest absolute Gasteiger partial charge is 0.417 e. The summed E-state index contributed by atoms with van der Waals surface area (Å²) in [5.74, 6) is 1.62. The van der Waals surface area contributed by atoms with Gasteiger partial charge in [-0.1, -0.05) is 5.92 Å². The van der Waals surface area contributed by atoms with Crippen LogP contribution < -0.4 is 5.32 Å².